The average molecular weight is 483 g/mol. The van der Waals surface area contributed by atoms with Crippen LogP contribution >= 0.6 is 23.2 Å². The van der Waals surface area contributed by atoms with Crippen molar-refractivity contribution in [3.05, 3.63) is 76.0 Å². The number of pyridine rings is 1. The van der Waals surface area contributed by atoms with Crippen LogP contribution in [-0.2, 0) is 23.1 Å². The van der Waals surface area contributed by atoms with Crippen molar-refractivity contribution in [3.63, 3.8) is 0 Å². The van der Waals surface area contributed by atoms with Gasteiger partial charge in [-0.15, -0.1) is 0 Å². The monoisotopic (exact) mass is 482 g/mol. The van der Waals surface area contributed by atoms with Crippen molar-refractivity contribution in [1.29, 1.82) is 0 Å². The molecule has 0 saturated heterocycles. The number of halogens is 2. The molecule has 164 valence electrons. The summed E-state index contributed by atoms with van der Waals surface area (Å²) in [7, 11) is -1.18. The van der Waals surface area contributed by atoms with Gasteiger partial charge in [0.15, 0.2) is 17.2 Å². The van der Waals surface area contributed by atoms with Gasteiger partial charge in [-0.3, -0.25) is 4.98 Å². The van der Waals surface area contributed by atoms with Gasteiger partial charge >= 0.3 is 0 Å². The van der Waals surface area contributed by atoms with Crippen LogP contribution in [0, 0.1) is 0 Å². The Hall–Kier alpha value is -2.52. The molecule has 0 spiro atoms. The Bertz CT molecular complexity index is 1170. The third kappa shape index (κ3) is 5.22. The molecule has 10 heteroatoms. The summed E-state index contributed by atoms with van der Waals surface area (Å²) in [5.74, 6) is 0.425. The SMILES string of the molecule is COc1ccc(CN(Cc2cccnc2)S(=O)(=O)c2cc(Cl)cc(Cl)c2O)cc1OC. The molecule has 0 saturated carbocycles. The van der Waals surface area contributed by atoms with E-state index in [1.165, 1.54) is 30.7 Å². The minimum atomic E-state index is -4.19. The van der Waals surface area contributed by atoms with Crippen LogP contribution in [0.25, 0.3) is 0 Å². The lowest BCUT2D eigenvalue weighted by atomic mass is 10.2. The zero-order chi connectivity index (χ0) is 22.6. The van der Waals surface area contributed by atoms with E-state index < -0.39 is 15.8 Å². The third-order valence-electron chi connectivity index (χ3n) is 4.50. The van der Waals surface area contributed by atoms with Crippen molar-refractivity contribution in [3.8, 4) is 17.2 Å². The van der Waals surface area contributed by atoms with Gasteiger partial charge in [-0.1, -0.05) is 35.3 Å². The fourth-order valence-corrected chi connectivity index (χ4v) is 5.14. The first kappa shape index (κ1) is 23.1. The molecule has 0 amide bonds. The summed E-state index contributed by atoms with van der Waals surface area (Å²) in [6, 6.07) is 11.0. The van der Waals surface area contributed by atoms with Crippen LogP contribution in [0.1, 0.15) is 11.1 Å². The standard InChI is InChI=1S/C21H20Cl2N2O5S/c1-29-18-6-5-14(8-19(18)30-2)12-25(13-15-4-3-7-24-11-15)31(27,28)20-10-16(22)9-17(23)21(20)26/h3-11,26H,12-13H2,1-2H3. The number of phenols is 1. The Morgan fingerprint density at radius 1 is 1.00 bits per heavy atom. The number of benzene rings is 2. The zero-order valence-electron chi connectivity index (χ0n) is 16.7. The van der Waals surface area contributed by atoms with E-state index in [0.29, 0.717) is 22.6 Å². The van der Waals surface area contributed by atoms with Crippen molar-refractivity contribution in [2.24, 2.45) is 0 Å². The summed E-state index contributed by atoms with van der Waals surface area (Å²) < 4.78 is 38.8. The van der Waals surface area contributed by atoms with Gasteiger partial charge in [-0.2, -0.15) is 4.31 Å². The number of rotatable bonds is 8. The highest BCUT2D eigenvalue weighted by Crippen LogP contribution is 2.37. The Morgan fingerprint density at radius 3 is 2.35 bits per heavy atom. The van der Waals surface area contributed by atoms with Gasteiger partial charge in [0.2, 0.25) is 10.0 Å². The van der Waals surface area contributed by atoms with E-state index in [1.807, 2.05) is 0 Å². The molecule has 0 unspecified atom stereocenters. The lowest BCUT2D eigenvalue weighted by Gasteiger charge is -2.23. The maximum Gasteiger partial charge on any atom is 0.247 e. The molecule has 1 N–H and O–H groups in total. The van der Waals surface area contributed by atoms with Gasteiger partial charge in [0.1, 0.15) is 4.90 Å². The van der Waals surface area contributed by atoms with Gasteiger partial charge in [0.05, 0.1) is 19.2 Å². The van der Waals surface area contributed by atoms with Crippen LogP contribution < -0.4 is 9.47 Å². The smallest absolute Gasteiger partial charge is 0.247 e. The molecule has 1 aromatic heterocycles. The van der Waals surface area contributed by atoms with Crippen LogP contribution in [0.15, 0.2) is 59.8 Å². The summed E-state index contributed by atoms with van der Waals surface area (Å²) in [4.78, 5) is 3.67. The predicted molar refractivity (Wildman–Crippen MR) is 118 cm³/mol. The molecule has 0 bridgehead atoms. The first-order valence-electron chi connectivity index (χ1n) is 9.04. The van der Waals surface area contributed by atoms with Crippen molar-refractivity contribution in [2.75, 3.05) is 14.2 Å². The second-order valence-electron chi connectivity index (χ2n) is 6.56. The summed E-state index contributed by atoms with van der Waals surface area (Å²) >= 11 is 12.0. The van der Waals surface area contributed by atoms with E-state index in [0.717, 1.165) is 0 Å². The van der Waals surface area contributed by atoms with Crippen molar-refractivity contribution >= 4 is 33.2 Å². The van der Waals surface area contributed by atoms with Crippen molar-refractivity contribution in [2.45, 2.75) is 18.0 Å². The molecule has 0 radical (unpaired) electrons. The molecule has 7 nitrogen and oxygen atoms in total. The summed E-state index contributed by atoms with van der Waals surface area (Å²) in [5.41, 5.74) is 1.32. The number of aromatic hydroxyl groups is 1. The van der Waals surface area contributed by atoms with E-state index in [-0.39, 0.29) is 28.0 Å². The highest BCUT2D eigenvalue weighted by molar-refractivity contribution is 7.89. The molecule has 0 aliphatic heterocycles. The molecule has 31 heavy (non-hydrogen) atoms. The fourth-order valence-electron chi connectivity index (χ4n) is 2.98. The van der Waals surface area contributed by atoms with Gasteiger partial charge in [0, 0.05) is 30.5 Å². The van der Waals surface area contributed by atoms with Crippen LogP contribution in [0.3, 0.4) is 0 Å². The molecule has 2 aromatic carbocycles. The van der Waals surface area contributed by atoms with Gasteiger partial charge in [-0.05, 0) is 41.5 Å². The summed E-state index contributed by atoms with van der Waals surface area (Å²) in [6.45, 7) is -0.00472. The van der Waals surface area contributed by atoms with Gasteiger partial charge in [0.25, 0.3) is 0 Å². The number of methoxy groups -OCH3 is 2. The summed E-state index contributed by atoms with van der Waals surface area (Å²) in [5, 5.41) is 10.3. The Morgan fingerprint density at radius 2 is 1.71 bits per heavy atom. The second kappa shape index (κ2) is 9.74. The normalized spacial score (nSPS) is 11.5. The molecular formula is C21H20Cl2N2O5S. The van der Waals surface area contributed by atoms with Crippen LogP contribution in [-0.4, -0.2) is 37.0 Å². The number of hydrogen-bond donors (Lipinski definition) is 1. The third-order valence-corrected chi connectivity index (χ3v) is 6.81. The van der Waals surface area contributed by atoms with Crippen LogP contribution in [0.2, 0.25) is 10.0 Å². The van der Waals surface area contributed by atoms with E-state index in [1.54, 1.807) is 42.7 Å². The molecule has 3 rings (SSSR count). The topological polar surface area (TPSA) is 89.0 Å². The minimum Gasteiger partial charge on any atom is -0.505 e. The molecule has 0 aliphatic rings. The predicted octanol–water partition coefficient (Wildman–Crippen LogP) is 4.50. The fraction of sp³-hybridized carbons (Fsp3) is 0.190. The Labute approximate surface area is 190 Å². The molecular weight excluding hydrogens is 463 g/mol. The van der Waals surface area contributed by atoms with Gasteiger partial charge < -0.3 is 14.6 Å². The van der Waals surface area contributed by atoms with E-state index in [2.05, 4.69) is 4.98 Å². The maximum absolute atomic E-state index is 13.5. The first-order valence-corrected chi connectivity index (χ1v) is 11.2. The number of phenolic OH excluding ortho intramolecular Hbond substituents is 1. The number of nitrogens with zero attached hydrogens (tertiary/aromatic N) is 2. The van der Waals surface area contributed by atoms with Crippen molar-refractivity contribution < 1.29 is 23.0 Å². The molecule has 3 aromatic rings. The zero-order valence-corrected chi connectivity index (χ0v) is 19.1. The largest absolute Gasteiger partial charge is 0.505 e. The number of sulfonamides is 1. The highest BCUT2D eigenvalue weighted by atomic mass is 35.5. The first-order chi connectivity index (χ1) is 14.8. The molecule has 1 heterocycles. The second-order valence-corrected chi connectivity index (χ2v) is 9.31. The number of aromatic nitrogens is 1. The highest BCUT2D eigenvalue weighted by Gasteiger charge is 2.29. The summed E-state index contributed by atoms with van der Waals surface area (Å²) in [6.07, 6.45) is 3.17. The molecule has 0 atom stereocenters. The van der Waals surface area contributed by atoms with Crippen molar-refractivity contribution in [1.82, 2.24) is 9.29 Å². The average Bonchev–Trinajstić information content (AvgIpc) is 2.76. The molecule has 0 fully saturated rings. The van der Waals surface area contributed by atoms with E-state index >= 15 is 0 Å². The van der Waals surface area contributed by atoms with Crippen LogP contribution in [0.5, 0.6) is 17.2 Å². The minimum absolute atomic E-state index is 0.00803. The Kier molecular flexibility index (Phi) is 7.27. The molecule has 0 aliphatic carbocycles. The quantitative estimate of drug-likeness (QED) is 0.508. The van der Waals surface area contributed by atoms with E-state index in [4.69, 9.17) is 32.7 Å². The lowest BCUT2D eigenvalue weighted by molar-refractivity contribution is 0.352. The van der Waals surface area contributed by atoms with E-state index in [9.17, 15) is 13.5 Å². The number of hydrogen-bond acceptors (Lipinski definition) is 6. The number of ether oxygens (including phenoxy) is 2. The lowest BCUT2D eigenvalue weighted by Crippen LogP contribution is -2.30. The Balaban J connectivity index is 2.07. The van der Waals surface area contributed by atoms with Gasteiger partial charge in [-0.25, -0.2) is 8.42 Å². The maximum atomic E-state index is 13.5. The van der Waals surface area contributed by atoms with Crippen LogP contribution in [0.4, 0.5) is 0 Å².